The Morgan fingerprint density at radius 3 is 2.82 bits per heavy atom. The zero-order chi connectivity index (χ0) is 7.68. The number of hydrogen-bond donors (Lipinski definition) is 1. The third-order valence-electron chi connectivity index (χ3n) is 1.46. The first-order valence-electron chi connectivity index (χ1n) is 3.24. The van der Waals surface area contributed by atoms with Gasteiger partial charge in [0, 0.05) is 6.20 Å². The lowest BCUT2D eigenvalue weighted by Gasteiger charge is -1.91. The fourth-order valence-corrected chi connectivity index (χ4v) is 1.98. The van der Waals surface area contributed by atoms with Crippen molar-refractivity contribution in [3.63, 3.8) is 0 Å². The molecule has 0 saturated carbocycles. The van der Waals surface area contributed by atoms with Crippen LogP contribution < -0.4 is 0 Å². The van der Waals surface area contributed by atoms with Crippen molar-refractivity contribution >= 4 is 22.9 Å². The van der Waals surface area contributed by atoms with Crippen LogP contribution in [0.15, 0.2) is 29.8 Å². The molecular formula is C8H6ClNS. The first kappa shape index (κ1) is 6.95. The Balaban J connectivity index is 2.53. The summed E-state index contributed by atoms with van der Waals surface area (Å²) < 4.78 is 0. The molecule has 2 aromatic rings. The number of aromatic nitrogens is 1. The average Bonchev–Trinajstić information content (AvgIpc) is 2.55. The molecule has 0 unspecified atom stereocenters. The molecule has 0 aromatic carbocycles. The van der Waals surface area contributed by atoms with Crippen LogP contribution in [0, 0.1) is 0 Å². The Hall–Kier alpha value is -0.730. The summed E-state index contributed by atoms with van der Waals surface area (Å²) in [6.07, 6.45) is 1.84. The van der Waals surface area contributed by atoms with E-state index in [0.717, 1.165) is 10.7 Å². The third kappa shape index (κ3) is 1.19. The standard InChI is InChI=1S/C8H6ClNS/c9-6-3-4-10-8(6)7-2-1-5-11-7/h1-5,10H. The van der Waals surface area contributed by atoms with Gasteiger partial charge in [-0.1, -0.05) is 17.7 Å². The minimum atomic E-state index is 0.785. The van der Waals surface area contributed by atoms with Gasteiger partial charge < -0.3 is 4.98 Å². The van der Waals surface area contributed by atoms with Crippen molar-refractivity contribution in [2.24, 2.45) is 0 Å². The molecule has 1 N–H and O–H groups in total. The fraction of sp³-hybridized carbons (Fsp3) is 0. The highest BCUT2D eigenvalue weighted by atomic mass is 35.5. The van der Waals surface area contributed by atoms with Gasteiger partial charge in [-0.2, -0.15) is 0 Å². The molecule has 2 aromatic heterocycles. The van der Waals surface area contributed by atoms with E-state index in [4.69, 9.17) is 11.6 Å². The molecule has 2 heterocycles. The summed E-state index contributed by atoms with van der Waals surface area (Å²) in [4.78, 5) is 4.27. The van der Waals surface area contributed by atoms with Crippen molar-refractivity contribution in [1.29, 1.82) is 0 Å². The monoisotopic (exact) mass is 183 g/mol. The van der Waals surface area contributed by atoms with Gasteiger partial charge in [-0.25, -0.2) is 0 Å². The predicted molar refractivity (Wildman–Crippen MR) is 49.1 cm³/mol. The maximum atomic E-state index is 5.91. The molecule has 0 aliphatic carbocycles. The number of nitrogens with one attached hydrogen (secondary N) is 1. The highest BCUT2D eigenvalue weighted by molar-refractivity contribution is 7.13. The first-order chi connectivity index (χ1) is 5.38. The Kier molecular flexibility index (Phi) is 1.72. The molecule has 3 heteroatoms. The van der Waals surface area contributed by atoms with Crippen molar-refractivity contribution in [3.05, 3.63) is 34.8 Å². The van der Waals surface area contributed by atoms with Crippen LogP contribution in [0.3, 0.4) is 0 Å². The lowest BCUT2D eigenvalue weighted by atomic mass is 10.3. The average molecular weight is 184 g/mol. The predicted octanol–water partition coefficient (Wildman–Crippen LogP) is 3.40. The minimum Gasteiger partial charge on any atom is -0.359 e. The van der Waals surface area contributed by atoms with Crippen LogP contribution in [0.2, 0.25) is 5.02 Å². The molecular weight excluding hydrogens is 178 g/mol. The number of hydrogen-bond acceptors (Lipinski definition) is 1. The van der Waals surface area contributed by atoms with E-state index >= 15 is 0 Å². The molecule has 0 aliphatic heterocycles. The van der Waals surface area contributed by atoms with E-state index in [0.29, 0.717) is 0 Å². The Morgan fingerprint density at radius 1 is 1.36 bits per heavy atom. The Labute approximate surface area is 73.6 Å². The van der Waals surface area contributed by atoms with Crippen molar-refractivity contribution < 1.29 is 0 Å². The van der Waals surface area contributed by atoms with Gasteiger partial charge in [0.1, 0.15) is 0 Å². The molecule has 0 spiro atoms. The summed E-state index contributed by atoms with van der Waals surface area (Å²) in [5.41, 5.74) is 1.02. The van der Waals surface area contributed by atoms with Crippen LogP contribution >= 0.6 is 22.9 Å². The topological polar surface area (TPSA) is 15.8 Å². The Bertz CT molecular complexity index is 337. The van der Waals surface area contributed by atoms with Gasteiger partial charge in [0.05, 0.1) is 15.6 Å². The number of halogens is 1. The minimum absolute atomic E-state index is 0.785. The molecule has 0 aliphatic rings. The highest BCUT2D eigenvalue weighted by Gasteiger charge is 2.03. The molecule has 0 fully saturated rings. The zero-order valence-corrected chi connectivity index (χ0v) is 7.25. The van der Waals surface area contributed by atoms with Gasteiger partial charge in [0.2, 0.25) is 0 Å². The summed E-state index contributed by atoms with van der Waals surface area (Å²) in [6, 6.07) is 5.91. The zero-order valence-electron chi connectivity index (χ0n) is 5.67. The normalized spacial score (nSPS) is 10.3. The van der Waals surface area contributed by atoms with Gasteiger partial charge in [-0.15, -0.1) is 11.3 Å². The highest BCUT2D eigenvalue weighted by Crippen LogP contribution is 2.29. The van der Waals surface area contributed by atoms with E-state index in [1.54, 1.807) is 11.3 Å². The van der Waals surface area contributed by atoms with E-state index in [1.807, 2.05) is 29.8 Å². The molecule has 0 atom stereocenters. The maximum Gasteiger partial charge on any atom is 0.0744 e. The van der Waals surface area contributed by atoms with Crippen LogP contribution in [0.5, 0.6) is 0 Å². The van der Waals surface area contributed by atoms with Crippen molar-refractivity contribution in [1.82, 2.24) is 4.98 Å². The van der Waals surface area contributed by atoms with Gasteiger partial charge in [0.25, 0.3) is 0 Å². The molecule has 0 saturated heterocycles. The van der Waals surface area contributed by atoms with Crippen molar-refractivity contribution in [3.8, 4) is 10.6 Å². The lowest BCUT2D eigenvalue weighted by Crippen LogP contribution is -1.68. The van der Waals surface area contributed by atoms with Gasteiger partial charge in [-0.3, -0.25) is 0 Å². The number of thiophene rings is 1. The van der Waals surface area contributed by atoms with Crippen LogP contribution in [-0.4, -0.2) is 4.98 Å². The van der Waals surface area contributed by atoms with Gasteiger partial charge in [0.15, 0.2) is 0 Å². The molecule has 11 heavy (non-hydrogen) atoms. The van der Waals surface area contributed by atoms with E-state index in [1.165, 1.54) is 4.88 Å². The second-order valence-corrected chi connectivity index (χ2v) is 3.53. The van der Waals surface area contributed by atoms with E-state index in [9.17, 15) is 0 Å². The van der Waals surface area contributed by atoms with Gasteiger partial charge >= 0.3 is 0 Å². The summed E-state index contributed by atoms with van der Waals surface area (Å²) in [6.45, 7) is 0. The lowest BCUT2D eigenvalue weighted by molar-refractivity contribution is 1.42. The SMILES string of the molecule is Clc1cc[nH]c1-c1cccs1. The fourth-order valence-electron chi connectivity index (χ4n) is 0.960. The Morgan fingerprint density at radius 2 is 2.27 bits per heavy atom. The summed E-state index contributed by atoms with van der Waals surface area (Å²) >= 11 is 7.59. The summed E-state index contributed by atoms with van der Waals surface area (Å²) in [5, 5.41) is 2.82. The first-order valence-corrected chi connectivity index (χ1v) is 4.50. The maximum absolute atomic E-state index is 5.91. The van der Waals surface area contributed by atoms with Crippen LogP contribution in [0.4, 0.5) is 0 Å². The molecule has 0 bridgehead atoms. The van der Waals surface area contributed by atoms with Crippen molar-refractivity contribution in [2.75, 3.05) is 0 Å². The van der Waals surface area contributed by atoms with Crippen LogP contribution in [0.1, 0.15) is 0 Å². The quantitative estimate of drug-likeness (QED) is 0.698. The van der Waals surface area contributed by atoms with Crippen LogP contribution in [-0.2, 0) is 0 Å². The van der Waals surface area contributed by atoms with E-state index < -0.39 is 0 Å². The summed E-state index contributed by atoms with van der Waals surface area (Å²) in [7, 11) is 0. The second kappa shape index (κ2) is 2.72. The molecule has 56 valence electrons. The van der Waals surface area contributed by atoms with Gasteiger partial charge in [-0.05, 0) is 17.5 Å². The smallest absolute Gasteiger partial charge is 0.0744 e. The number of rotatable bonds is 1. The molecule has 0 amide bonds. The number of aromatic amines is 1. The third-order valence-corrected chi connectivity index (χ3v) is 2.67. The molecule has 2 rings (SSSR count). The largest absolute Gasteiger partial charge is 0.359 e. The second-order valence-electron chi connectivity index (χ2n) is 2.18. The summed E-state index contributed by atoms with van der Waals surface area (Å²) in [5.74, 6) is 0. The molecule has 0 radical (unpaired) electrons. The van der Waals surface area contributed by atoms with Crippen molar-refractivity contribution in [2.45, 2.75) is 0 Å². The van der Waals surface area contributed by atoms with E-state index in [-0.39, 0.29) is 0 Å². The number of H-pyrrole nitrogens is 1. The van der Waals surface area contributed by atoms with E-state index in [2.05, 4.69) is 4.98 Å². The molecule has 1 nitrogen and oxygen atoms in total. The van der Waals surface area contributed by atoms with Crippen LogP contribution in [0.25, 0.3) is 10.6 Å².